The fourth-order valence-corrected chi connectivity index (χ4v) is 6.51. The van der Waals surface area contributed by atoms with Gasteiger partial charge in [0.25, 0.3) is 0 Å². The number of rotatable bonds is 4. The fourth-order valence-electron chi connectivity index (χ4n) is 3.31. The Labute approximate surface area is 129 Å². The van der Waals surface area contributed by atoms with Crippen LogP contribution >= 0.6 is 23.5 Å². The molecule has 1 aliphatic carbocycles. The molecule has 2 N–H and O–H groups in total. The maximum Gasteiger partial charge on any atom is 0.209 e. The summed E-state index contributed by atoms with van der Waals surface area (Å²) in [6.45, 7) is 0.754. The maximum absolute atomic E-state index is 11.5. The zero-order chi connectivity index (χ0) is 14.2. The van der Waals surface area contributed by atoms with Crippen molar-refractivity contribution in [2.24, 2.45) is 5.92 Å². The summed E-state index contributed by atoms with van der Waals surface area (Å²) >= 11 is 3.97. The van der Waals surface area contributed by atoms with Crippen LogP contribution in [0.25, 0.3) is 0 Å². The summed E-state index contributed by atoms with van der Waals surface area (Å²) in [5.41, 5.74) is 0. The molecule has 0 aromatic rings. The normalized spacial score (nSPS) is 39.0. The molecule has 3 aliphatic rings. The van der Waals surface area contributed by atoms with Crippen LogP contribution in [0.3, 0.4) is 0 Å². The summed E-state index contributed by atoms with van der Waals surface area (Å²) in [5.74, 6) is 5.13. The van der Waals surface area contributed by atoms with Gasteiger partial charge in [0.1, 0.15) is 0 Å². The van der Waals surface area contributed by atoms with E-state index in [1.165, 1.54) is 17.8 Å². The Morgan fingerprint density at radius 2 is 1.85 bits per heavy atom. The largest absolute Gasteiger partial charge is 0.376 e. The molecule has 3 rings (SSSR count). The second-order valence-corrected chi connectivity index (χ2v) is 9.82. The van der Waals surface area contributed by atoms with Gasteiger partial charge in [0.05, 0.1) is 18.4 Å². The summed E-state index contributed by atoms with van der Waals surface area (Å²) in [6.07, 6.45) is 2.33. The highest BCUT2D eigenvalue weighted by atomic mass is 32.2. The van der Waals surface area contributed by atoms with Crippen LogP contribution in [0.2, 0.25) is 0 Å². The van der Waals surface area contributed by atoms with Crippen LogP contribution in [0.15, 0.2) is 0 Å². The molecule has 2 heterocycles. The number of ether oxygens (including phenoxy) is 1. The Kier molecular flexibility index (Phi) is 4.89. The van der Waals surface area contributed by atoms with E-state index in [0.717, 1.165) is 24.5 Å². The lowest BCUT2D eigenvalue weighted by Crippen LogP contribution is -2.71. The molecule has 116 valence electrons. The highest BCUT2D eigenvalue weighted by molar-refractivity contribution is 8.03. The van der Waals surface area contributed by atoms with Gasteiger partial charge in [-0.15, -0.1) is 0 Å². The quantitative estimate of drug-likeness (QED) is 0.759. The van der Waals surface area contributed by atoms with Crippen molar-refractivity contribution in [2.45, 2.75) is 30.7 Å². The van der Waals surface area contributed by atoms with Gasteiger partial charge in [-0.3, -0.25) is 0 Å². The predicted octanol–water partition coefficient (Wildman–Crippen LogP) is 0.130. The molecule has 1 saturated carbocycles. The van der Waals surface area contributed by atoms with E-state index in [0.29, 0.717) is 12.0 Å². The molecule has 3 fully saturated rings. The zero-order valence-electron chi connectivity index (χ0n) is 11.6. The van der Waals surface area contributed by atoms with Gasteiger partial charge in [0.2, 0.25) is 10.0 Å². The minimum atomic E-state index is -3.18. The van der Waals surface area contributed by atoms with Crippen molar-refractivity contribution in [2.75, 3.05) is 35.9 Å². The second kappa shape index (κ2) is 6.34. The van der Waals surface area contributed by atoms with Gasteiger partial charge in [-0.25, -0.2) is 13.1 Å². The highest BCUT2D eigenvalue weighted by Gasteiger charge is 2.55. The molecule has 0 aromatic heterocycles. The van der Waals surface area contributed by atoms with Crippen LogP contribution in [-0.2, 0) is 14.8 Å². The summed E-state index contributed by atoms with van der Waals surface area (Å²) < 4.78 is 31.5. The Hall–Kier alpha value is 0.530. The number of hydrogen-bond acceptors (Lipinski definition) is 6. The zero-order valence-corrected chi connectivity index (χ0v) is 14.0. The highest BCUT2D eigenvalue weighted by Crippen LogP contribution is 2.39. The molecule has 20 heavy (non-hydrogen) atoms. The molecule has 0 bridgehead atoms. The lowest BCUT2D eigenvalue weighted by atomic mass is 9.72. The van der Waals surface area contributed by atoms with E-state index in [9.17, 15) is 8.42 Å². The van der Waals surface area contributed by atoms with E-state index >= 15 is 0 Å². The van der Waals surface area contributed by atoms with Gasteiger partial charge in [-0.2, -0.15) is 23.5 Å². The number of thioether (sulfide) groups is 2. The summed E-state index contributed by atoms with van der Waals surface area (Å²) in [4.78, 5) is 0. The van der Waals surface area contributed by atoms with E-state index in [4.69, 9.17) is 4.74 Å². The van der Waals surface area contributed by atoms with Crippen molar-refractivity contribution in [3.63, 3.8) is 0 Å². The summed E-state index contributed by atoms with van der Waals surface area (Å²) in [5, 5.41) is 3.69. The molecular formula is C12H22N2O3S3. The summed E-state index contributed by atoms with van der Waals surface area (Å²) in [7, 11) is -3.18. The molecule has 0 unspecified atom stereocenters. The first-order valence-electron chi connectivity index (χ1n) is 7.05. The topological polar surface area (TPSA) is 67.4 Å². The standard InChI is InChI=1S/C12H22N2O3S3/c1-20(15,16)14-11-10(9-2-3-17-12(9)11)13-8-6-18-4-5-19-7-8/h8-14H,2-7H2,1H3/t9-,10+,11-,12-/m1/s1. The van der Waals surface area contributed by atoms with E-state index in [2.05, 4.69) is 10.0 Å². The number of hydrogen-bond donors (Lipinski definition) is 2. The first-order chi connectivity index (χ1) is 9.54. The van der Waals surface area contributed by atoms with Gasteiger partial charge >= 0.3 is 0 Å². The monoisotopic (exact) mass is 338 g/mol. The predicted molar refractivity (Wildman–Crippen MR) is 85.0 cm³/mol. The lowest BCUT2D eigenvalue weighted by Gasteiger charge is -2.49. The number of fused-ring (bicyclic) bond motifs is 1. The van der Waals surface area contributed by atoms with Gasteiger partial charge in [-0.1, -0.05) is 0 Å². The first-order valence-corrected chi connectivity index (χ1v) is 11.2. The fraction of sp³-hybridized carbons (Fsp3) is 1.00. The SMILES string of the molecule is CS(=O)(=O)N[C@@H]1[C@@H](NC2CSCCSC2)[C@H]2CCO[C@H]21. The van der Waals surface area contributed by atoms with E-state index < -0.39 is 10.0 Å². The summed E-state index contributed by atoms with van der Waals surface area (Å²) in [6, 6.07) is 0.597. The Bertz CT molecular complexity index is 437. The minimum absolute atomic E-state index is 0.0632. The van der Waals surface area contributed by atoms with Crippen LogP contribution in [-0.4, -0.2) is 68.5 Å². The molecule has 4 atom stereocenters. The lowest BCUT2D eigenvalue weighted by molar-refractivity contribution is -0.0233. The Morgan fingerprint density at radius 3 is 2.50 bits per heavy atom. The van der Waals surface area contributed by atoms with Crippen molar-refractivity contribution in [3.8, 4) is 0 Å². The Balaban J connectivity index is 1.63. The second-order valence-electron chi connectivity index (χ2n) is 5.74. The third-order valence-corrected chi connectivity index (χ3v) is 7.39. The van der Waals surface area contributed by atoms with Gasteiger partial charge in [0.15, 0.2) is 0 Å². The third kappa shape index (κ3) is 3.47. The molecule has 0 amide bonds. The van der Waals surface area contributed by atoms with Crippen LogP contribution in [0.1, 0.15) is 6.42 Å². The van der Waals surface area contributed by atoms with Crippen molar-refractivity contribution in [1.82, 2.24) is 10.0 Å². The third-order valence-electron chi connectivity index (χ3n) is 4.17. The van der Waals surface area contributed by atoms with Crippen LogP contribution < -0.4 is 10.0 Å². The maximum atomic E-state index is 11.5. The van der Waals surface area contributed by atoms with Crippen LogP contribution in [0.5, 0.6) is 0 Å². The van der Waals surface area contributed by atoms with Crippen molar-refractivity contribution in [3.05, 3.63) is 0 Å². The first kappa shape index (κ1) is 15.4. The number of nitrogens with one attached hydrogen (secondary N) is 2. The molecule has 0 spiro atoms. The molecule has 0 radical (unpaired) electrons. The molecule has 2 saturated heterocycles. The molecular weight excluding hydrogens is 316 g/mol. The Morgan fingerprint density at radius 1 is 1.15 bits per heavy atom. The van der Waals surface area contributed by atoms with Crippen LogP contribution in [0, 0.1) is 5.92 Å². The van der Waals surface area contributed by atoms with Crippen molar-refractivity contribution < 1.29 is 13.2 Å². The van der Waals surface area contributed by atoms with E-state index in [-0.39, 0.29) is 18.2 Å². The minimum Gasteiger partial charge on any atom is -0.376 e. The van der Waals surface area contributed by atoms with Gasteiger partial charge in [0, 0.05) is 47.6 Å². The number of sulfonamides is 1. The average molecular weight is 339 g/mol. The molecule has 8 heteroatoms. The smallest absolute Gasteiger partial charge is 0.209 e. The molecule has 0 aromatic carbocycles. The van der Waals surface area contributed by atoms with Crippen LogP contribution in [0.4, 0.5) is 0 Å². The van der Waals surface area contributed by atoms with Gasteiger partial charge in [-0.05, 0) is 6.42 Å². The van der Waals surface area contributed by atoms with E-state index in [1.54, 1.807) is 0 Å². The van der Waals surface area contributed by atoms with Crippen molar-refractivity contribution in [1.29, 1.82) is 0 Å². The average Bonchev–Trinajstić information content (AvgIpc) is 2.62. The van der Waals surface area contributed by atoms with Crippen molar-refractivity contribution >= 4 is 33.5 Å². The van der Waals surface area contributed by atoms with Gasteiger partial charge < -0.3 is 10.1 Å². The van der Waals surface area contributed by atoms with E-state index in [1.807, 2.05) is 23.5 Å². The molecule has 2 aliphatic heterocycles. The molecule has 5 nitrogen and oxygen atoms in total.